The highest BCUT2D eigenvalue weighted by Crippen LogP contribution is 2.38. The van der Waals surface area contributed by atoms with Gasteiger partial charge in [0.1, 0.15) is 5.75 Å². The molecule has 1 aromatic carbocycles. The van der Waals surface area contributed by atoms with Crippen LogP contribution in [0.1, 0.15) is 36.0 Å². The van der Waals surface area contributed by atoms with Crippen molar-refractivity contribution in [3.63, 3.8) is 0 Å². The molecule has 104 valence electrons. The summed E-state index contributed by atoms with van der Waals surface area (Å²) < 4.78 is 10.7. The lowest BCUT2D eigenvalue weighted by molar-refractivity contribution is -0.136. The van der Waals surface area contributed by atoms with E-state index < -0.39 is 5.97 Å². The van der Waals surface area contributed by atoms with Crippen LogP contribution in [0.25, 0.3) is 0 Å². The van der Waals surface area contributed by atoms with Gasteiger partial charge in [0, 0.05) is 5.92 Å². The van der Waals surface area contributed by atoms with E-state index in [0.717, 1.165) is 12.8 Å². The van der Waals surface area contributed by atoms with Gasteiger partial charge in [-0.05, 0) is 30.5 Å². The van der Waals surface area contributed by atoms with Gasteiger partial charge in [-0.2, -0.15) is 4.98 Å². The first-order chi connectivity index (χ1) is 9.70. The summed E-state index contributed by atoms with van der Waals surface area (Å²) in [5.41, 5.74) is 0.696. The molecular formula is C14H14N2O4. The fourth-order valence-corrected chi connectivity index (χ4v) is 1.89. The molecule has 1 saturated carbocycles. The van der Waals surface area contributed by atoms with E-state index in [0.29, 0.717) is 28.9 Å². The van der Waals surface area contributed by atoms with Crippen molar-refractivity contribution in [3.05, 3.63) is 41.5 Å². The summed E-state index contributed by atoms with van der Waals surface area (Å²) in [6.45, 7) is 0.215. The highest BCUT2D eigenvalue weighted by Gasteiger charge is 2.29. The summed E-state index contributed by atoms with van der Waals surface area (Å²) >= 11 is 0. The highest BCUT2D eigenvalue weighted by atomic mass is 16.5. The number of benzene rings is 1. The average molecular weight is 274 g/mol. The monoisotopic (exact) mass is 274 g/mol. The Labute approximate surface area is 115 Å². The van der Waals surface area contributed by atoms with Gasteiger partial charge in [0.25, 0.3) is 0 Å². The molecule has 1 heterocycles. The fraction of sp³-hybridized carbons (Fsp3) is 0.357. The molecule has 20 heavy (non-hydrogen) atoms. The Kier molecular flexibility index (Phi) is 3.37. The van der Waals surface area contributed by atoms with E-state index in [2.05, 4.69) is 10.1 Å². The third kappa shape index (κ3) is 3.14. The van der Waals surface area contributed by atoms with Gasteiger partial charge in [0.15, 0.2) is 6.61 Å². The van der Waals surface area contributed by atoms with Crippen LogP contribution in [0.2, 0.25) is 0 Å². The highest BCUT2D eigenvalue weighted by molar-refractivity contribution is 5.70. The first-order valence-corrected chi connectivity index (χ1v) is 6.47. The first kappa shape index (κ1) is 12.7. The number of carbonyl (C=O) groups is 1. The molecule has 3 rings (SSSR count). The lowest BCUT2D eigenvalue weighted by Gasteiger charge is -2.04. The van der Waals surface area contributed by atoms with E-state index in [1.807, 2.05) is 0 Å². The average Bonchev–Trinajstić information content (AvgIpc) is 3.16. The second-order valence-electron chi connectivity index (χ2n) is 4.83. The van der Waals surface area contributed by atoms with Crippen LogP contribution < -0.4 is 4.74 Å². The Balaban J connectivity index is 1.60. The zero-order valence-electron chi connectivity index (χ0n) is 10.8. The Bertz CT molecular complexity index is 619. The quantitative estimate of drug-likeness (QED) is 0.868. The van der Waals surface area contributed by atoms with E-state index >= 15 is 0 Å². The number of rotatable bonds is 6. The minimum Gasteiger partial charge on any atom is -0.485 e. The van der Waals surface area contributed by atoms with Crippen molar-refractivity contribution < 1.29 is 19.2 Å². The van der Waals surface area contributed by atoms with Gasteiger partial charge in [-0.1, -0.05) is 17.3 Å². The van der Waals surface area contributed by atoms with E-state index in [1.165, 1.54) is 0 Å². The number of hydrogen-bond acceptors (Lipinski definition) is 5. The van der Waals surface area contributed by atoms with E-state index in [1.54, 1.807) is 24.3 Å². The Morgan fingerprint density at radius 1 is 1.45 bits per heavy atom. The molecule has 1 aliphatic rings. The number of aliphatic carboxylic acids is 1. The molecule has 2 aromatic rings. The molecule has 0 radical (unpaired) electrons. The molecule has 1 aliphatic carbocycles. The van der Waals surface area contributed by atoms with Gasteiger partial charge in [0.2, 0.25) is 11.7 Å². The van der Waals surface area contributed by atoms with Crippen LogP contribution in [-0.4, -0.2) is 21.2 Å². The van der Waals surface area contributed by atoms with Crippen molar-refractivity contribution in [1.82, 2.24) is 10.1 Å². The zero-order chi connectivity index (χ0) is 13.9. The smallest absolute Gasteiger partial charge is 0.307 e. The molecule has 0 spiro atoms. The summed E-state index contributed by atoms with van der Waals surface area (Å²) in [4.78, 5) is 14.9. The van der Waals surface area contributed by atoms with Crippen molar-refractivity contribution in [1.29, 1.82) is 0 Å². The lowest BCUT2D eigenvalue weighted by atomic mass is 10.1. The molecule has 0 aliphatic heterocycles. The lowest BCUT2D eigenvalue weighted by Crippen LogP contribution is -2.01. The standard InChI is InChI=1S/C14H14N2O4/c17-13(18)7-9-2-1-3-11(6-9)19-8-12-15-14(20-16-12)10-4-5-10/h1-3,6,10H,4-5,7-8H2,(H,17,18). The predicted octanol–water partition coefficient (Wildman–Crippen LogP) is 2.15. The van der Waals surface area contributed by atoms with Gasteiger partial charge in [-0.15, -0.1) is 0 Å². The van der Waals surface area contributed by atoms with Crippen LogP contribution in [0.3, 0.4) is 0 Å². The number of nitrogens with zero attached hydrogens (tertiary/aromatic N) is 2. The molecule has 1 fully saturated rings. The summed E-state index contributed by atoms with van der Waals surface area (Å²) in [5, 5.41) is 12.6. The Morgan fingerprint density at radius 2 is 2.30 bits per heavy atom. The summed E-state index contributed by atoms with van der Waals surface area (Å²) in [6.07, 6.45) is 2.20. The molecule has 0 atom stereocenters. The number of carboxylic acid groups (broad SMARTS) is 1. The second kappa shape index (κ2) is 5.32. The summed E-state index contributed by atoms with van der Waals surface area (Å²) in [7, 11) is 0. The van der Waals surface area contributed by atoms with Crippen molar-refractivity contribution in [2.24, 2.45) is 0 Å². The van der Waals surface area contributed by atoms with Crippen molar-refractivity contribution in [2.75, 3.05) is 0 Å². The Hall–Kier alpha value is -2.37. The van der Waals surface area contributed by atoms with Crippen LogP contribution in [0, 0.1) is 0 Å². The number of hydrogen-bond donors (Lipinski definition) is 1. The fourth-order valence-electron chi connectivity index (χ4n) is 1.89. The van der Waals surface area contributed by atoms with Crippen LogP contribution in [0.4, 0.5) is 0 Å². The van der Waals surface area contributed by atoms with Crippen molar-refractivity contribution >= 4 is 5.97 Å². The Morgan fingerprint density at radius 3 is 3.05 bits per heavy atom. The van der Waals surface area contributed by atoms with Crippen molar-refractivity contribution in [2.45, 2.75) is 31.8 Å². The van der Waals surface area contributed by atoms with Gasteiger partial charge < -0.3 is 14.4 Å². The molecule has 0 amide bonds. The molecule has 0 bridgehead atoms. The maximum Gasteiger partial charge on any atom is 0.307 e. The number of carboxylic acids is 1. The van der Waals surface area contributed by atoms with Gasteiger partial charge in [0.05, 0.1) is 6.42 Å². The van der Waals surface area contributed by atoms with E-state index in [4.69, 9.17) is 14.4 Å². The maximum atomic E-state index is 10.7. The largest absolute Gasteiger partial charge is 0.485 e. The van der Waals surface area contributed by atoms with E-state index in [-0.39, 0.29) is 13.0 Å². The predicted molar refractivity (Wildman–Crippen MR) is 68.4 cm³/mol. The molecule has 6 heteroatoms. The van der Waals surface area contributed by atoms with E-state index in [9.17, 15) is 4.79 Å². The van der Waals surface area contributed by atoms with Gasteiger partial charge >= 0.3 is 5.97 Å². The van der Waals surface area contributed by atoms with Crippen LogP contribution in [0.15, 0.2) is 28.8 Å². The molecule has 0 unspecified atom stereocenters. The number of ether oxygens (including phenoxy) is 1. The first-order valence-electron chi connectivity index (χ1n) is 6.47. The summed E-state index contributed by atoms with van der Waals surface area (Å²) in [5.74, 6) is 1.35. The molecule has 1 N–H and O–H groups in total. The van der Waals surface area contributed by atoms with Crippen LogP contribution in [-0.2, 0) is 17.8 Å². The molecule has 1 aromatic heterocycles. The minimum absolute atomic E-state index is 0.0226. The topological polar surface area (TPSA) is 85.5 Å². The third-order valence-electron chi connectivity index (χ3n) is 3.03. The SMILES string of the molecule is O=C(O)Cc1cccc(OCc2noc(C3CC3)n2)c1. The summed E-state index contributed by atoms with van der Waals surface area (Å²) in [6, 6.07) is 6.99. The molecule has 6 nitrogen and oxygen atoms in total. The number of aromatic nitrogens is 2. The van der Waals surface area contributed by atoms with Gasteiger partial charge in [-0.25, -0.2) is 0 Å². The molecule has 0 saturated heterocycles. The normalized spacial score (nSPS) is 14.2. The van der Waals surface area contributed by atoms with Gasteiger partial charge in [-0.3, -0.25) is 4.79 Å². The third-order valence-corrected chi connectivity index (χ3v) is 3.03. The zero-order valence-corrected chi connectivity index (χ0v) is 10.8. The maximum absolute atomic E-state index is 10.7. The van der Waals surface area contributed by atoms with Crippen LogP contribution >= 0.6 is 0 Å². The van der Waals surface area contributed by atoms with Crippen molar-refractivity contribution in [3.8, 4) is 5.75 Å². The molecular weight excluding hydrogens is 260 g/mol. The van der Waals surface area contributed by atoms with Crippen LogP contribution in [0.5, 0.6) is 5.75 Å². The minimum atomic E-state index is -0.866. The second-order valence-corrected chi connectivity index (χ2v) is 4.83.